The van der Waals surface area contributed by atoms with Gasteiger partial charge in [-0.05, 0) is 42.4 Å². The van der Waals surface area contributed by atoms with E-state index in [-0.39, 0.29) is 0 Å². The molecule has 1 saturated carbocycles. The first-order chi connectivity index (χ1) is 7.92. The minimum Gasteiger partial charge on any atom is -0.0651 e. The van der Waals surface area contributed by atoms with Gasteiger partial charge in [-0.1, -0.05) is 49.6 Å². The Hall–Kier alpha value is -1.04. The molecule has 1 unspecified atom stereocenters. The normalized spacial score (nSPS) is 23.2. The van der Waals surface area contributed by atoms with E-state index in [1.54, 1.807) is 22.3 Å². The first kappa shape index (κ1) is 10.1. The smallest absolute Gasteiger partial charge is 0.00602 e. The van der Waals surface area contributed by atoms with E-state index in [0.29, 0.717) is 0 Å². The summed E-state index contributed by atoms with van der Waals surface area (Å²) in [5.74, 6) is 0.784. The van der Waals surface area contributed by atoms with Crippen molar-refractivity contribution in [2.24, 2.45) is 0 Å². The van der Waals surface area contributed by atoms with Gasteiger partial charge in [0, 0.05) is 5.92 Å². The number of hydrogen-bond acceptors (Lipinski definition) is 0. The van der Waals surface area contributed by atoms with Gasteiger partial charge in [-0.2, -0.15) is 0 Å². The Balaban J connectivity index is 2.09. The van der Waals surface area contributed by atoms with Crippen LogP contribution in [0.15, 0.2) is 29.8 Å². The molecule has 0 N–H and O–H groups in total. The third kappa shape index (κ3) is 1.43. The maximum atomic E-state index is 2.36. The van der Waals surface area contributed by atoms with E-state index >= 15 is 0 Å². The van der Waals surface area contributed by atoms with Crippen LogP contribution in [0.5, 0.6) is 0 Å². The van der Waals surface area contributed by atoms with Gasteiger partial charge in [-0.15, -0.1) is 0 Å². The summed E-state index contributed by atoms with van der Waals surface area (Å²) < 4.78 is 0. The molecule has 1 aromatic carbocycles. The summed E-state index contributed by atoms with van der Waals surface area (Å²) in [6, 6.07) is 9.10. The van der Waals surface area contributed by atoms with Crippen LogP contribution in [0, 0.1) is 0 Å². The SMILES string of the molecule is CCCC1=C2CCCCC2c2ccccc21. The predicted molar refractivity (Wildman–Crippen MR) is 69.5 cm³/mol. The van der Waals surface area contributed by atoms with Crippen LogP contribution in [-0.4, -0.2) is 0 Å². The Morgan fingerprint density at radius 2 is 2.06 bits per heavy atom. The highest BCUT2D eigenvalue weighted by atomic mass is 14.4. The maximum Gasteiger partial charge on any atom is 0.00602 e. The monoisotopic (exact) mass is 212 g/mol. The third-order valence-electron chi connectivity index (χ3n) is 4.16. The Labute approximate surface area is 98.4 Å². The molecule has 0 heteroatoms. The molecule has 3 rings (SSSR count). The van der Waals surface area contributed by atoms with Gasteiger partial charge in [0.1, 0.15) is 0 Å². The van der Waals surface area contributed by atoms with Crippen molar-refractivity contribution >= 4 is 5.57 Å². The molecule has 0 amide bonds. The van der Waals surface area contributed by atoms with Gasteiger partial charge in [0.15, 0.2) is 0 Å². The van der Waals surface area contributed by atoms with Crippen molar-refractivity contribution in [1.29, 1.82) is 0 Å². The predicted octanol–water partition coefficient (Wildman–Crippen LogP) is 4.91. The van der Waals surface area contributed by atoms with Gasteiger partial charge < -0.3 is 0 Å². The van der Waals surface area contributed by atoms with Crippen LogP contribution in [-0.2, 0) is 0 Å². The van der Waals surface area contributed by atoms with E-state index in [1.807, 2.05) is 0 Å². The molecule has 0 aliphatic heterocycles. The van der Waals surface area contributed by atoms with Crippen LogP contribution in [0.3, 0.4) is 0 Å². The number of fused-ring (bicyclic) bond motifs is 3. The quantitative estimate of drug-likeness (QED) is 0.653. The molecule has 0 radical (unpaired) electrons. The summed E-state index contributed by atoms with van der Waals surface area (Å²) in [5, 5.41) is 0. The molecule has 1 atom stereocenters. The second-order valence-corrected chi connectivity index (χ2v) is 5.14. The molecule has 2 aliphatic carbocycles. The van der Waals surface area contributed by atoms with Crippen LogP contribution in [0.1, 0.15) is 62.5 Å². The van der Waals surface area contributed by atoms with Gasteiger partial charge in [-0.25, -0.2) is 0 Å². The summed E-state index contributed by atoms with van der Waals surface area (Å²) >= 11 is 0. The fraction of sp³-hybridized carbons (Fsp3) is 0.500. The summed E-state index contributed by atoms with van der Waals surface area (Å²) in [4.78, 5) is 0. The largest absolute Gasteiger partial charge is 0.0651 e. The maximum absolute atomic E-state index is 2.36. The molecule has 16 heavy (non-hydrogen) atoms. The molecule has 0 saturated heterocycles. The second kappa shape index (κ2) is 4.08. The Kier molecular flexibility index (Phi) is 2.59. The zero-order valence-corrected chi connectivity index (χ0v) is 10.1. The number of hydrogen-bond donors (Lipinski definition) is 0. The topological polar surface area (TPSA) is 0 Å². The van der Waals surface area contributed by atoms with Crippen LogP contribution in [0.25, 0.3) is 5.57 Å². The van der Waals surface area contributed by atoms with Gasteiger partial charge in [0.05, 0.1) is 0 Å². The van der Waals surface area contributed by atoms with Crippen molar-refractivity contribution in [2.75, 3.05) is 0 Å². The Morgan fingerprint density at radius 1 is 1.19 bits per heavy atom. The molecule has 1 aromatic rings. The molecular formula is C16H20. The Bertz CT molecular complexity index is 425. The lowest BCUT2D eigenvalue weighted by Gasteiger charge is -2.22. The van der Waals surface area contributed by atoms with Crippen molar-refractivity contribution in [1.82, 2.24) is 0 Å². The van der Waals surface area contributed by atoms with Crippen molar-refractivity contribution in [2.45, 2.75) is 51.4 Å². The Morgan fingerprint density at radius 3 is 2.94 bits per heavy atom. The fourth-order valence-corrected chi connectivity index (χ4v) is 3.51. The summed E-state index contributed by atoms with van der Waals surface area (Å²) in [7, 11) is 0. The molecule has 84 valence electrons. The van der Waals surface area contributed by atoms with E-state index in [9.17, 15) is 0 Å². The van der Waals surface area contributed by atoms with Crippen LogP contribution in [0.4, 0.5) is 0 Å². The van der Waals surface area contributed by atoms with Crippen LogP contribution in [0.2, 0.25) is 0 Å². The van der Waals surface area contributed by atoms with Gasteiger partial charge >= 0.3 is 0 Å². The number of rotatable bonds is 2. The van der Waals surface area contributed by atoms with Crippen molar-refractivity contribution in [3.05, 3.63) is 41.0 Å². The van der Waals surface area contributed by atoms with Crippen LogP contribution >= 0.6 is 0 Å². The zero-order valence-electron chi connectivity index (χ0n) is 10.1. The molecule has 0 bridgehead atoms. The molecule has 0 spiro atoms. The highest BCUT2D eigenvalue weighted by Crippen LogP contribution is 2.50. The lowest BCUT2D eigenvalue weighted by molar-refractivity contribution is 0.548. The van der Waals surface area contributed by atoms with Crippen molar-refractivity contribution < 1.29 is 0 Å². The van der Waals surface area contributed by atoms with E-state index in [0.717, 1.165) is 5.92 Å². The van der Waals surface area contributed by atoms with Gasteiger partial charge in [-0.3, -0.25) is 0 Å². The molecule has 0 nitrogen and oxygen atoms in total. The average Bonchev–Trinajstić information content (AvgIpc) is 2.66. The summed E-state index contributed by atoms with van der Waals surface area (Å²) in [5.41, 5.74) is 6.68. The third-order valence-corrected chi connectivity index (χ3v) is 4.16. The molecule has 1 fully saturated rings. The minimum absolute atomic E-state index is 0.784. The highest BCUT2D eigenvalue weighted by molar-refractivity contribution is 5.78. The van der Waals surface area contributed by atoms with Crippen molar-refractivity contribution in [3.8, 4) is 0 Å². The van der Waals surface area contributed by atoms with E-state index in [1.165, 1.54) is 38.5 Å². The van der Waals surface area contributed by atoms with E-state index < -0.39 is 0 Å². The highest BCUT2D eigenvalue weighted by Gasteiger charge is 2.31. The molecule has 2 aliphatic rings. The number of allylic oxidation sites excluding steroid dienone is 2. The summed E-state index contributed by atoms with van der Waals surface area (Å²) in [6.07, 6.45) is 8.13. The van der Waals surface area contributed by atoms with E-state index in [4.69, 9.17) is 0 Å². The van der Waals surface area contributed by atoms with E-state index in [2.05, 4.69) is 31.2 Å². The summed E-state index contributed by atoms with van der Waals surface area (Å²) in [6.45, 7) is 2.30. The van der Waals surface area contributed by atoms with Crippen LogP contribution < -0.4 is 0 Å². The number of benzene rings is 1. The minimum atomic E-state index is 0.784. The van der Waals surface area contributed by atoms with Gasteiger partial charge in [0.25, 0.3) is 0 Å². The zero-order chi connectivity index (χ0) is 11.0. The first-order valence-corrected chi connectivity index (χ1v) is 6.73. The standard InChI is InChI=1S/C16H20/c1-2-7-12-13-8-3-5-10-15(13)16-11-6-4-9-14(12)16/h3,5,8,10,16H,2,4,6-7,9,11H2,1H3. The molecule has 0 aromatic heterocycles. The first-order valence-electron chi connectivity index (χ1n) is 6.73. The lowest BCUT2D eigenvalue weighted by atomic mass is 9.83. The average molecular weight is 212 g/mol. The van der Waals surface area contributed by atoms with Gasteiger partial charge in [0.2, 0.25) is 0 Å². The fourth-order valence-electron chi connectivity index (χ4n) is 3.51. The van der Waals surface area contributed by atoms with Crippen molar-refractivity contribution in [3.63, 3.8) is 0 Å². The molecule has 0 heterocycles. The second-order valence-electron chi connectivity index (χ2n) is 5.14. The lowest BCUT2D eigenvalue weighted by Crippen LogP contribution is -2.04. The molecular weight excluding hydrogens is 192 g/mol.